The number of furan rings is 1. The van der Waals surface area contributed by atoms with Crippen molar-refractivity contribution in [1.82, 2.24) is 10.1 Å². The molecule has 0 amide bonds. The molecule has 0 bridgehead atoms. The standard InChI is InChI=1S/C10H13N3O2/c1-7(2-4-11)10-12-9(13-15-10)8-3-5-14-6-8/h3,5-7H,2,4,11H2,1H3. The zero-order chi connectivity index (χ0) is 10.7. The smallest absolute Gasteiger partial charge is 0.229 e. The Labute approximate surface area is 87.3 Å². The molecule has 2 aromatic rings. The summed E-state index contributed by atoms with van der Waals surface area (Å²) in [5.41, 5.74) is 6.29. The fourth-order valence-corrected chi connectivity index (χ4v) is 1.32. The van der Waals surface area contributed by atoms with Gasteiger partial charge in [-0.3, -0.25) is 0 Å². The monoisotopic (exact) mass is 207 g/mol. The van der Waals surface area contributed by atoms with Crippen LogP contribution in [0.5, 0.6) is 0 Å². The number of hydrogen-bond acceptors (Lipinski definition) is 5. The van der Waals surface area contributed by atoms with Crippen molar-refractivity contribution in [3.05, 3.63) is 24.5 Å². The van der Waals surface area contributed by atoms with Crippen LogP contribution in [0.15, 0.2) is 27.5 Å². The van der Waals surface area contributed by atoms with E-state index in [4.69, 9.17) is 14.7 Å². The molecule has 0 radical (unpaired) electrons. The summed E-state index contributed by atoms with van der Waals surface area (Å²) in [6.07, 6.45) is 4.00. The van der Waals surface area contributed by atoms with Crippen molar-refractivity contribution < 1.29 is 8.94 Å². The maximum absolute atomic E-state index is 5.46. The molecular formula is C10H13N3O2. The van der Waals surface area contributed by atoms with Crippen molar-refractivity contribution in [1.29, 1.82) is 0 Å². The summed E-state index contributed by atoms with van der Waals surface area (Å²) >= 11 is 0. The average molecular weight is 207 g/mol. The Bertz CT molecular complexity index is 408. The summed E-state index contributed by atoms with van der Waals surface area (Å²) in [6.45, 7) is 2.63. The Morgan fingerprint density at radius 3 is 3.07 bits per heavy atom. The third-order valence-corrected chi connectivity index (χ3v) is 2.24. The van der Waals surface area contributed by atoms with Crippen LogP contribution in [-0.2, 0) is 0 Å². The molecule has 0 saturated heterocycles. The van der Waals surface area contributed by atoms with E-state index in [1.165, 1.54) is 0 Å². The third kappa shape index (κ3) is 2.07. The number of aromatic nitrogens is 2. The van der Waals surface area contributed by atoms with E-state index < -0.39 is 0 Å². The second kappa shape index (κ2) is 4.27. The van der Waals surface area contributed by atoms with Crippen LogP contribution in [0.25, 0.3) is 11.4 Å². The highest BCUT2D eigenvalue weighted by atomic mass is 16.5. The first kappa shape index (κ1) is 9.92. The number of rotatable bonds is 4. The van der Waals surface area contributed by atoms with Gasteiger partial charge >= 0.3 is 0 Å². The predicted molar refractivity (Wildman–Crippen MR) is 54.1 cm³/mol. The first-order valence-electron chi connectivity index (χ1n) is 4.87. The highest BCUT2D eigenvalue weighted by molar-refractivity contribution is 5.51. The van der Waals surface area contributed by atoms with Crippen LogP contribution in [0.3, 0.4) is 0 Å². The van der Waals surface area contributed by atoms with Gasteiger partial charge in [0.2, 0.25) is 11.7 Å². The van der Waals surface area contributed by atoms with E-state index in [-0.39, 0.29) is 5.92 Å². The van der Waals surface area contributed by atoms with Gasteiger partial charge in [-0.15, -0.1) is 0 Å². The van der Waals surface area contributed by atoms with E-state index in [1.807, 2.05) is 6.92 Å². The van der Waals surface area contributed by atoms with Crippen molar-refractivity contribution in [2.45, 2.75) is 19.3 Å². The average Bonchev–Trinajstić information content (AvgIpc) is 2.89. The van der Waals surface area contributed by atoms with E-state index in [1.54, 1.807) is 18.6 Å². The molecule has 15 heavy (non-hydrogen) atoms. The lowest BCUT2D eigenvalue weighted by Crippen LogP contribution is -2.04. The summed E-state index contributed by atoms with van der Waals surface area (Å²) in [5.74, 6) is 1.38. The van der Waals surface area contributed by atoms with Crippen LogP contribution in [0.1, 0.15) is 25.2 Å². The van der Waals surface area contributed by atoms with Crippen LogP contribution in [0, 0.1) is 0 Å². The molecule has 0 aliphatic heterocycles. The SMILES string of the molecule is CC(CCN)c1nc(-c2ccoc2)no1. The molecule has 2 heterocycles. The van der Waals surface area contributed by atoms with Gasteiger partial charge in [-0.25, -0.2) is 0 Å². The summed E-state index contributed by atoms with van der Waals surface area (Å²) in [5, 5.41) is 3.88. The van der Waals surface area contributed by atoms with Crippen LogP contribution in [-0.4, -0.2) is 16.7 Å². The maximum atomic E-state index is 5.46. The summed E-state index contributed by atoms with van der Waals surface area (Å²) in [6, 6.07) is 1.79. The number of nitrogens with zero attached hydrogens (tertiary/aromatic N) is 2. The molecule has 2 aromatic heterocycles. The number of nitrogens with two attached hydrogens (primary N) is 1. The lowest BCUT2D eigenvalue weighted by atomic mass is 10.1. The summed E-state index contributed by atoms with van der Waals surface area (Å²) < 4.78 is 10.1. The summed E-state index contributed by atoms with van der Waals surface area (Å²) in [7, 11) is 0. The lowest BCUT2D eigenvalue weighted by Gasteiger charge is -2.01. The van der Waals surface area contributed by atoms with Crippen molar-refractivity contribution >= 4 is 0 Å². The molecule has 2 rings (SSSR count). The highest BCUT2D eigenvalue weighted by Crippen LogP contribution is 2.21. The predicted octanol–water partition coefficient (Wildman–Crippen LogP) is 1.78. The second-order valence-corrected chi connectivity index (χ2v) is 3.45. The van der Waals surface area contributed by atoms with Gasteiger partial charge in [0, 0.05) is 5.92 Å². The highest BCUT2D eigenvalue weighted by Gasteiger charge is 2.14. The molecule has 0 aromatic carbocycles. The Morgan fingerprint density at radius 1 is 1.53 bits per heavy atom. The van der Waals surface area contributed by atoms with Crippen LogP contribution in [0.2, 0.25) is 0 Å². The van der Waals surface area contributed by atoms with Gasteiger partial charge in [0.25, 0.3) is 0 Å². The maximum Gasteiger partial charge on any atom is 0.229 e. The molecule has 0 aliphatic rings. The minimum Gasteiger partial charge on any atom is -0.472 e. The fourth-order valence-electron chi connectivity index (χ4n) is 1.32. The molecule has 1 atom stereocenters. The Hall–Kier alpha value is -1.62. The van der Waals surface area contributed by atoms with Crippen LogP contribution in [0.4, 0.5) is 0 Å². The fraction of sp³-hybridized carbons (Fsp3) is 0.400. The molecule has 5 nitrogen and oxygen atoms in total. The minimum absolute atomic E-state index is 0.197. The van der Waals surface area contributed by atoms with E-state index in [2.05, 4.69) is 10.1 Å². The van der Waals surface area contributed by atoms with Crippen molar-refractivity contribution in [2.75, 3.05) is 6.54 Å². The largest absolute Gasteiger partial charge is 0.472 e. The minimum atomic E-state index is 0.197. The molecule has 0 aliphatic carbocycles. The molecule has 80 valence electrons. The van der Waals surface area contributed by atoms with Crippen molar-refractivity contribution in [3.63, 3.8) is 0 Å². The van der Waals surface area contributed by atoms with E-state index in [9.17, 15) is 0 Å². The van der Waals surface area contributed by atoms with Crippen molar-refractivity contribution in [3.8, 4) is 11.4 Å². The van der Waals surface area contributed by atoms with Crippen LogP contribution >= 0.6 is 0 Å². The van der Waals surface area contributed by atoms with Gasteiger partial charge in [0.05, 0.1) is 11.8 Å². The Balaban J connectivity index is 2.17. The number of hydrogen-bond donors (Lipinski definition) is 1. The lowest BCUT2D eigenvalue weighted by molar-refractivity contribution is 0.355. The van der Waals surface area contributed by atoms with E-state index in [0.29, 0.717) is 18.3 Å². The third-order valence-electron chi connectivity index (χ3n) is 2.24. The van der Waals surface area contributed by atoms with Gasteiger partial charge in [-0.1, -0.05) is 12.1 Å². The molecule has 0 spiro atoms. The second-order valence-electron chi connectivity index (χ2n) is 3.45. The van der Waals surface area contributed by atoms with Crippen LogP contribution < -0.4 is 5.73 Å². The normalized spacial score (nSPS) is 12.9. The Kier molecular flexibility index (Phi) is 2.82. The molecule has 2 N–H and O–H groups in total. The molecule has 0 saturated carbocycles. The van der Waals surface area contributed by atoms with Gasteiger partial charge in [-0.2, -0.15) is 4.98 Å². The van der Waals surface area contributed by atoms with E-state index >= 15 is 0 Å². The zero-order valence-corrected chi connectivity index (χ0v) is 8.51. The van der Waals surface area contributed by atoms with Gasteiger partial charge < -0.3 is 14.7 Å². The van der Waals surface area contributed by atoms with Gasteiger partial charge in [-0.05, 0) is 19.0 Å². The molecule has 0 fully saturated rings. The quantitative estimate of drug-likeness (QED) is 0.826. The first-order chi connectivity index (χ1) is 7.31. The Morgan fingerprint density at radius 2 is 2.40 bits per heavy atom. The molecule has 5 heteroatoms. The summed E-state index contributed by atoms with van der Waals surface area (Å²) in [4.78, 5) is 4.28. The zero-order valence-electron chi connectivity index (χ0n) is 8.51. The molecular weight excluding hydrogens is 194 g/mol. The van der Waals surface area contributed by atoms with Crippen molar-refractivity contribution in [2.24, 2.45) is 5.73 Å². The van der Waals surface area contributed by atoms with Gasteiger partial charge in [0.15, 0.2) is 0 Å². The van der Waals surface area contributed by atoms with E-state index in [0.717, 1.165) is 12.0 Å². The van der Waals surface area contributed by atoms with Gasteiger partial charge in [0.1, 0.15) is 6.26 Å². The first-order valence-corrected chi connectivity index (χ1v) is 4.87. The topological polar surface area (TPSA) is 78.1 Å². The molecule has 1 unspecified atom stereocenters.